The van der Waals surface area contributed by atoms with Crippen LogP contribution in [0.1, 0.15) is 18.4 Å². The summed E-state index contributed by atoms with van der Waals surface area (Å²) in [5.74, 6) is -0.339. The first kappa shape index (κ1) is 18.6. The second kappa shape index (κ2) is 6.50. The van der Waals surface area contributed by atoms with Gasteiger partial charge in [-0.25, -0.2) is 9.50 Å². The van der Waals surface area contributed by atoms with Gasteiger partial charge in [0.25, 0.3) is 5.60 Å². The molecule has 0 spiro atoms. The summed E-state index contributed by atoms with van der Waals surface area (Å²) in [7, 11) is 3.31. The molecule has 5 nitrogen and oxygen atoms in total. The average Bonchev–Trinajstić information content (AvgIpc) is 2.92. The van der Waals surface area contributed by atoms with Crippen LogP contribution in [0.15, 0.2) is 36.4 Å². The molecule has 0 saturated carbocycles. The normalized spacial score (nSPS) is 14.0. The second-order valence-electron chi connectivity index (χ2n) is 5.65. The second-order valence-corrected chi connectivity index (χ2v) is 7.40. The van der Waals surface area contributed by atoms with Crippen molar-refractivity contribution >= 4 is 24.0 Å². The van der Waals surface area contributed by atoms with E-state index in [9.17, 15) is 13.2 Å². The van der Waals surface area contributed by atoms with Gasteiger partial charge in [0, 0.05) is 12.5 Å². The molecule has 3 atom stereocenters. The zero-order valence-corrected chi connectivity index (χ0v) is 15.8. The molecule has 0 N–H and O–H groups in total. The van der Waals surface area contributed by atoms with Crippen LogP contribution in [0, 0.1) is 11.3 Å². The summed E-state index contributed by atoms with van der Waals surface area (Å²) in [5, 5.41) is 13.2. The van der Waals surface area contributed by atoms with Crippen molar-refractivity contribution in [1.29, 1.82) is 5.26 Å². The molecule has 3 aromatic rings. The first-order valence-corrected chi connectivity index (χ1v) is 8.48. The van der Waals surface area contributed by atoms with Crippen molar-refractivity contribution < 1.29 is 17.9 Å². The van der Waals surface area contributed by atoms with Gasteiger partial charge in [0.1, 0.15) is 17.3 Å². The minimum atomic E-state index is -3.34. The number of rotatable bonds is 4. The number of hydrogen-bond donors (Lipinski definition) is 0. The fourth-order valence-corrected chi connectivity index (χ4v) is 2.67. The third-order valence-electron chi connectivity index (χ3n) is 3.37. The highest BCUT2D eigenvalue weighted by Crippen LogP contribution is 2.35. The Bertz CT molecular complexity index is 1000. The Morgan fingerprint density at radius 2 is 1.77 bits per heavy atom. The SMILES string of the molecule is CC(F)(P)Oc1ccc(-c2ccc3c(C#N)nc(C(F)(F)P)n3n2)cc1. The van der Waals surface area contributed by atoms with Gasteiger partial charge in [-0.1, -0.05) is 18.5 Å². The van der Waals surface area contributed by atoms with Gasteiger partial charge >= 0.3 is 5.66 Å². The lowest BCUT2D eigenvalue weighted by Crippen LogP contribution is -2.16. The van der Waals surface area contributed by atoms with Gasteiger partial charge in [-0.15, -0.1) is 0 Å². The smallest absolute Gasteiger partial charge is 0.317 e. The van der Waals surface area contributed by atoms with Crippen molar-refractivity contribution in [2.75, 3.05) is 0 Å². The van der Waals surface area contributed by atoms with E-state index in [2.05, 4.69) is 10.1 Å². The highest BCUT2D eigenvalue weighted by atomic mass is 31.0. The number of aromatic nitrogens is 3. The maximum absolute atomic E-state index is 13.8. The van der Waals surface area contributed by atoms with Crippen molar-refractivity contribution in [3.05, 3.63) is 47.9 Å². The Balaban J connectivity index is 2.05. The summed E-state index contributed by atoms with van der Waals surface area (Å²) in [6.45, 7) is 1.25. The quantitative estimate of drug-likeness (QED) is 0.624. The summed E-state index contributed by atoms with van der Waals surface area (Å²) in [4.78, 5) is 3.67. The first-order chi connectivity index (χ1) is 12.1. The van der Waals surface area contributed by atoms with Crippen LogP contribution in [0.4, 0.5) is 13.2 Å². The highest BCUT2D eigenvalue weighted by molar-refractivity contribution is 7.18. The Morgan fingerprint density at radius 1 is 1.12 bits per heavy atom. The highest BCUT2D eigenvalue weighted by Gasteiger charge is 2.32. The molecule has 0 aliphatic heterocycles. The molecule has 0 fully saturated rings. The van der Waals surface area contributed by atoms with Gasteiger partial charge in [0.2, 0.25) is 5.82 Å². The van der Waals surface area contributed by atoms with Crippen molar-refractivity contribution in [1.82, 2.24) is 14.6 Å². The molecule has 0 bridgehead atoms. The summed E-state index contributed by atoms with van der Waals surface area (Å²) < 4.78 is 47.0. The lowest BCUT2D eigenvalue weighted by molar-refractivity contribution is 0.0473. The zero-order valence-electron chi connectivity index (χ0n) is 13.4. The molecule has 3 unspecified atom stereocenters. The van der Waals surface area contributed by atoms with E-state index in [1.807, 2.05) is 9.24 Å². The van der Waals surface area contributed by atoms with Crippen LogP contribution in [0.5, 0.6) is 5.75 Å². The third kappa shape index (κ3) is 3.80. The predicted molar refractivity (Wildman–Crippen MR) is 96.6 cm³/mol. The van der Waals surface area contributed by atoms with E-state index >= 15 is 0 Å². The summed E-state index contributed by atoms with van der Waals surface area (Å²) in [6, 6.07) is 11.2. The molecule has 134 valence electrons. The lowest BCUT2D eigenvalue weighted by atomic mass is 10.1. The molecular weight excluding hydrogens is 383 g/mol. The Hall–Kier alpha value is -2.22. The Kier molecular flexibility index (Phi) is 4.64. The molecule has 2 aromatic heterocycles. The standard InChI is InChI=1S/C16H13F3N4OP2/c1-15(17,25)24-10-4-2-9(3-5-10)11-6-7-13-12(8-20)21-14(16(18,19)26)23(13)22-11/h2-7H,25-26H2,1H3. The van der Waals surface area contributed by atoms with E-state index < -0.39 is 17.1 Å². The van der Waals surface area contributed by atoms with Crippen LogP contribution in [0.25, 0.3) is 16.8 Å². The third-order valence-corrected chi connectivity index (χ3v) is 3.74. The van der Waals surface area contributed by atoms with Gasteiger partial charge in [0.05, 0.1) is 5.69 Å². The molecule has 0 amide bonds. The van der Waals surface area contributed by atoms with E-state index in [0.717, 1.165) is 4.52 Å². The minimum Gasteiger partial charge on any atom is -0.455 e. The van der Waals surface area contributed by atoms with Crippen LogP contribution in [-0.4, -0.2) is 20.2 Å². The predicted octanol–water partition coefficient (Wildman–Crippen LogP) is 4.09. The van der Waals surface area contributed by atoms with Gasteiger partial charge in [-0.2, -0.15) is 23.5 Å². The first-order valence-electron chi connectivity index (χ1n) is 7.33. The topological polar surface area (TPSA) is 63.2 Å². The van der Waals surface area contributed by atoms with Gasteiger partial charge in [0.15, 0.2) is 5.69 Å². The van der Waals surface area contributed by atoms with E-state index in [0.29, 0.717) is 17.0 Å². The number of ether oxygens (including phenoxy) is 1. The zero-order chi connectivity index (χ0) is 19.1. The van der Waals surface area contributed by atoms with Gasteiger partial charge in [-0.3, -0.25) is 0 Å². The number of hydrogen-bond acceptors (Lipinski definition) is 4. The summed E-state index contributed by atoms with van der Waals surface area (Å²) >= 11 is 0. The van der Waals surface area contributed by atoms with Crippen molar-refractivity contribution in [3.63, 3.8) is 0 Å². The van der Waals surface area contributed by atoms with E-state index in [1.54, 1.807) is 36.4 Å². The Morgan fingerprint density at radius 3 is 2.31 bits per heavy atom. The molecule has 0 aliphatic rings. The van der Waals surface area contributed by atoms with E-state index in [4.69, 9.17) is 10.00 Å². The van der Waals surface area contributed by atoms with Crippen molar-refractivity contribution in [2.45, 2.75) is 18.2 Å². The largest absolute Gasteiger partial charge is 0.455 e. The molecular formula is C16H13F3N4OP2. The van der Waals surface area contributed by atoms with Crippen LogP contribution in [0.2, 0.25) is 0 Å². The fraction of sp³-hybridized carbons (Fsp3) is 0.188. The maximum Gasteiger partial charge on any atom is 0.317 e. The molecule has 3 rings (SSSR count). The van der Waals surface area contributed by atoms with Crippen molar-refractivity contribution in [3.8, 4) is 23.1 Å². The number of imidazole rings is 1. The molecule has 0 radical (unpaired) electrons. The molecule has 2 heterocycles. The Labute approximate surface area is 151 Å². The number of nitriles is 1. The van der Waals surface area contributed by atoms with E-state index in [1.165, 1.54) is 22.2 Å². The molecule has 0 aliphatic carbocycles. The van der Waals surface area contributed by atoms with Gasteiger partial charge in [-0.05, 0) is 36.4 Å². The van der Waals surface area contributed by atoms with Gasteiger partial charge < -0.3 is 4.74 Å². The lowest BCUT2D eigenvalue weighted by Gasteiger charge is -2.16. The fourth-order valence-electron chi connectivity index (χ4n) is 2.35. The number of fused-ring (bicyclic) bond motifs is 1. The van der Waals surface area contributed by atoms with Crippen LogP contribution in [0.3, 0.4) is 0 Å². The van der Waals surface area contributed by atoms with Crippen molar-refractivity contribution in [2.24, 2.45) is 0 Å². The van der Waals surface area contributed by atoms with Crippen LogP contribution < -0.4 is 4.74 Å². The van der Waals surface area contributed by atoms with E-state index in [-0.39, 0.29) is 11.2 Å². The summed E-state index contributed by atoms with van der Waals surface area (Å²) in [5.41, 5.74) is -4.20. The summed E-state index contributed by atoms with van der Waals surface area (Å²) in [6.07, 6.45) is 0. The number of alkyl halides is 3. The van der Waals surface area contributed by atoms with Crippen LogP contribution >= 0.6 is 18.5 Å². The number of benzene rings is 1. The monoisotopic (exact) mass is 396 g/mol. The average molecular weight is 396 g/mol. The molecule has 10 heteroatoms. The molecule has 1 aromatic carbocycles. The number of halogens is 3. The number of nitrogens with zero attached hydrogens (tertiary/aromatic N) is 4. The van der Waals surface area contributed by atoms with Crippen LogP contribution in [-0.2, 0) is 5.66 Å². The minimum absolute atomic E-state index is 0.132. The maximum atomic E-state index is 13.8. The molecule has 0 saturated heterocycles. The molecule has 26 heavy (non-hydrogen) atoms.